The van der Waals surface area contributed by atoms with Crippen LogP contribution in [0.3, 0.4) is 0 Å². The quantitative estimate of drug-likeness (QED) is 0.620. The largest absolute Gasteiger partial charge is 0.513 e. The maximum absolute atomic E-state index is 8.91. The van der Waals surface area contributed by atoms with Gasteiger partial charge in [-0.3, -0.25) is 0 Å². The van der Waals surface area contributed by atoms with Crippen molar-refractivity contribution in [3.05, 3.63) is 12.3 Å². The highest BCUT2D eigenvalue weighted by molar-refractivity contribution is 4.83. The van der Waals surface area contributed by atoms with Gasteiger partial charge in [-0.15, -0.1) is 0 Å². The molecule has 0 unspecified atom stereocenters. The highest BCUT2D eigenvalue weighted by Crippen LogP contribution is 2.27. The van der Waals surface area contributed by atoms with Gasteiger partial charge in [0.15, 0.2) is 0 Å². The van der Waals surface area contributed by atoms with E-state index < -0.39 is 0 Å². The van der Waals surface area contributed by atoms with Gasteiger partial charge in [0.05, 0.1) is 5.76 Å². The number of rotatable bonds is 2. The Hall–Kier alpha value is -0.460. The van der Waals surface area contributed by atoms with Gasteiger partial charge in [-0.2, -0.15) is 0 Å². The van der Waals surface area contributed by atoms with Crippen molar-refractivity contribution in [3.8, 4) is 0 Å². The molecule has 0 saturated heterocycles. The lowest BCUT2D eigenvalue weighted by Gasteiger charge is -2.20. The van der Waals surface area contributed by atoms with E-state index in [4.69, 9.17) is 5.11 Å². The van der Waals surface area contributed by atoms with Crippen LogP contribution >= 0.6 is 0 Å². The molecule has 1 heteroatoms. The van der Waals surface area contributed by atoms with Crippen molar-refractivity contribution in [1.29, 1.82) is 0 Å². The summed E-state index contributed by atoms with van der Waals surface area (Å²) < 4.78 is 0. The molecule has 0 aromatic rings. The first-order valence-corrected chi connectivity index (χ1v) is 5.16. The molecule has 0 aromatic carbocycles. The lowest BCUT2D eigenvalue weighted by atomic mass is 9.87. The molecule has 1 fully saturated rings. The average Bonchev–Trinajstić information content (AvgIpc) is 2.08. The van der Waals surface area contributed by atoms with Crippen molar-refractivity contribution in [3.63, 3.8) is 0 Å². The molecule has 1 aliphatic carbocycles. The molecule has 0 atom stereocenters. The highest BCUT2D eigenvalue weighted by Gasteiger charge is 2.13. The van der Waals surface area contributed by atoms with Gasteiger partial charge in [-0.05, 0) is 5.92 Å². The van der Waals surface area contributed by atoms with E-state index in [0.29, 0.717) is 5.76 Å². The van der Waals surface area contributed by atoms with E-state index in [0.717, 1.165) is 12.3 Å². The summed E-state index contributed by atoms with van der Waals surface area (Å²) in [6.45, 7) is 7.50. The van der Waals surface area contributed by atoms with Crippen LogP contribution in [0, 0.1) is 5.92 Å². The Morgan fingerprint density at radius 3 is 2.17 bits per heavy atom. The molecule has 0 radical (unpaired) electrons. The SMILES string of the molecule is C=C(O)CC1CCCCC1.CC. The molecule has 1 nitrogen and oxygen atoms in total. The fourth-order valence-electron chi connectivity index (χ4n) is 1.72. The number of hydrogen-bond acceptors (Lipinski definition) is 1. The van der Waals surface area contributed by atoms with E-state index in [1.165, 1.54) is 32.1 Å². The predicted molar refractivity (Wildman–Crippen MR) is 54.3 cm³/mol. The normalized spacial score (nSPS) is 17.8. The molecule has 1 rings (SSSR count). The molecular weight excluding hydrogens is 148 g/mol. The zero-order valence-corrected chi connectivity index (χ0v) is 8.47. The molecule has 1 N–H and O–H groups in total. The molecule has 1 aliphatic rings. The van der Waals surface area contributed by atoms with Gasteiger partial charge in [-0.1, -0.05) is 52.5 Å². The van der Waals surface area contributed by atoms with E-state index in [9.17, 15) is 0 Å². The van der Waals surface area contributed by atoms with E-state index >= 15 is 0 Å². The summed E-state index contributed by atoms with van der Waals surface area (Å²) in [4.78, 5) is 0. The Morgan fingerprint density at radius 1 is 1.25 bits per heavy atom. The van der Waals surface area contributed by atoms with Crippen LogP contribution in [0.5, 0.6) is 0 Å². The summed E-state index contributed by atoms with van der Waals surface area (Å²) >= 11 is 0. The average molecular weight is 170 g/mol. The van der Waals surface area contributed by atoms with Crippen LogP contribution in [0.1, 0.15) is 52.4 Å². The summed E-state index contributed by atoms with van der Waals surface area (Å²) in [6, 6.07) is 0. The number of aliphatic hydroxyl groups excluding tert-OH is 1. The second-order valence-electron chi connectivity index (χ2n) is 3.27. The molecule has 0 spiro atoms. The van der Waals surface area contributed by atoms with Crippen LogP contribution in [0.2, 0.25) is 0 Å². The van der Waals surface area contributed by atoms with Gasteiger partial charge < -0.3 is 5.11 Å². The maximum Gasteiger partial charge on any atom is 0.0853 e. The van der Waals surface area contributed by atoms with E-state index in [2.05, 4.69) is 6.58 Å². The third kappa shape index (κ3) is 5.22. The Labute approximate surface area is 76.5 Å². The minimum absolute atomic E-state index is 0.368. The smallest absolute Gasteiger partial charge is 0.0853 e. The third-order valence-corrected chi connectivity index (χ3v) is 2.25. The van der Waals surface area contributed by atoms with E-state index in [1.54, 1.807) is 0 Å². The van der Waals surface area contributed by atoms with Gasteiger partial charge in [0.2, 0.25) is 0 Å². The summed E-state index contributed by atoms with van der Waals surface area (Å²) in [5, 5.41) is 8.91. The fourth-order valence-corrected chi connectivity index (χ4v) is 1.72. The molecule has 0 amide bonds. The molecule has 72 valence electrons. The summed E-state index contributed by atoms with van der Waals surface area (Å²) in [7, 11) is 0. The third-order valence-electron chi connectivity index (χ3n) is 2.25. The van der Waals surface area contributed by atoms with Gasteiger partial charge >= 0.3 is 0 Å². The summed E-state index contributed by atoms with van der Waals surface area (Å²) in [5.41, 5.74) is 0. The number of allylic oxidation sites excluding steroid dienone is 1. The summed E-state index contributed by atoms with van der Waals surface area (Å²) in [6.07, 6.45) is 7.49. The van der Waals surface area contributed by atoms with Crippen LogP contribution in [-0.2, 0) is 0 Å². The zero-order valence-electron chi connectivity index (χ0n) is 8.47. The number of hydrogen-bond donors (Lipinski definition) is 1. The second kappa shape index (κ2) is 7.20. The monoisotopic (exact) mass is 170 g/mol. The van der Waals surface area contributed by atoms with Crippen molar-refractivity contribution in [2.45, 2.75) is 52.4 Å². The van der Waals surface area contributed by atoms with Gasteiger partial charge in [0.1, 0.15) is 0 Å². The molecule has 12 heavy (non-hydrogen) atoms. The van der Waals surface area contributed by atoms with Crippen LogP contribution in [0.25, 0.3) is 0 Å². The zero-order chi connectivity index (χ0) is 9.40. The highest BCUT2D eigenvalue weighted by atomic mass is 16.3. The van der Waals surface area contributed by atoms with Crippen LogP contribution in [-0.4, -0.2) is 5.11 Å². The van der Waals surface area contributed by atoms with Crippen molar-refractivity contribution in [2.75, 3.05) is 0 Å². The topological polar surface area (TPSA) is 20.2 Å². The minimum Gasteiger partial charge on any atom is -0.513 e. The predicted octanol–water partition coefficient (Wildman–Crippen LogP) is 4.05. The first kappa shape index (κ1) is 11.5. The molecule has 0 aromatic heterocycles. The van der Waals surface area contributed by atoms with Gasteiger partial charge in [-0.25, -0.2) is 0 Å². The van der Waals surface area contributed by atoms with Crippen molar-refractivity contribution in [1.82, 2.24) is 0 Å². The van der Waals surface area contributed by atoms with E-state index in [-0.39, 0.29) is 0 Å². The minimum atomic E-state index is 0.368. The van der Waals surface area contributed by atoms with Crippen molar-refractivity contribution < 1.29 is 5.11 Å². The van der Waals surface area contributed by atoms with Crippen LogP contribution in [0.4, 0.5) is 0 Å². The second-order valence-corrected chi connectivity index (χ2v) is 3.27. The Kier molecular flexibility index (Phi) is 6.93. The lowest BCUT2D eigenvalue weighted by Crippen LogP contribution is -2.06. The molecule has 0 heterocycles. The molecule has 0 bridgehead atoms. The van der Waals surface area contributed by atoms with Crippen molar-refractivity contribution >= 4 is 0 Å². The molecular formula is C11H22O. The summed E-state index contributed by atoms with van der Waals surface area (Å²) in [5.74, 6) is 1.10. The Bertz CT molecular complexity index is 112. The molecule has 0 aliphatic heterocycles. The fraction of sp³-hybridized carbons (Fsp3) is 0.818. The maximum atomic E-state index is 8.91. The van der Waals surface area contributed by atoms with Crippen LogP contribution in [0.15, 0.2) is 12.3 Å². The van der Waals surface area contributed by atoms with Gasteiger partial charge in [0.25, 0.3) is 0 Å². The van der Waals surface area contributed by atoms with E-state index in [1.807, 2.05) is 13.8 Å². The first-order chi connectivity index (χ1) is 5.79. The number of aliphatic hydroxyl groups is 1. The van der Waals surface area contributed by atoms with Gasteiger partial charge in [0, 0.05) is 6.42 Å². The Balaban J connectivity index is 0.000000561. The standard InChI is InChI=1S/C9H16O.C2H6/c1-8(10)7-9-5-3-2-4-6-9;1-2/h9-10H,1-7H2;1-2H3. The van der Waals surface area contributed by atoms with Crippen molar-refractivity contribution in [2.24, 2.45) is 5.92 Å². The Morgan fingerprint density at radius 2 is 1.75 bits per heavy atom. The molecule has 1 saturated carbocycles. The van der Waals surface area contributed by atoms with Crippen LogP contribution < -0.4 is 0 Å². The first-order valence-electron chi connectivity index (χ1n) is 5.16. The lowest BCUT2D eigenvalue weighted by molar-refractivity contribution is 0.298.